The molecule has 0 spiro atoms. The van der Waals surface area contributed by atoms with E-state index < -0.39 is 6.04 Å². The lowest BCUT2D eigenvalue weighted by atomic mass is 10.2. The first-order valence-electron chi connectivity index (χ1n) is 6.64. The Morgan fingerprint density at radius 1 is 1.29 bits per heavy atom. The first-order valence-corrected chi connectivity index (χ1v) is 7.46. The molecule has 6 nitrogen and oxygen atoms in total. The molecule has 0 radical (unpaired) electrons. The summed E-state index contributed by atoms with van der Waals surface area (Å²) >= 11 is 1.22. The molecule has 112 valence electrons. The molecule has 0 aliphatic heterocycles. The molecule has 0 fully saturated rings. The number of rotatable bonds is 4. The Bertz CT molecular complexity index is 681. The Morgan fingerprint density at radius 3 is 2.62 bits per heavy atom. The van der Waals surface area contributed by atoms with Gasteiger partial charge in [0.05, 0.1) is 5.69 Å². The average Bonchev–Trinajstić information content (AvgIpc) is 2.76. The molecule has 0 saturated heterocycles. The number of hydrogen-bond acceptors (Lipinski definition) is 5. The number of nitrogen functional groups attached to an aromatic ring is 1. The molecule has 2 aromatic heterocycles. The smallest absolute Gasteiger partial charge is 0.264 e. The van der Waals surface area contributed by atoms with Gasteiger partial charge in [-0.25, -0.2) is 4.98 Å². The number of nitrogens with two attached hydrogens (primary N) is 1. The average molecular weight is 306 g/mol. The molecule has 2 heterocycles. The van der Waals surface area contributed by atoms with Crippen molar-refractivity contribution >= 4 is 39.1 Å². The molecule has 1 unspecified atom stereocenters. The van der Waals surface area contributed by atoms with Crippen LogP contribution >= 0.6 is 11.3 Å². The fourth-order valence-corrected chi connectivity index (χ4v) is 2.82. The van der Waals surface area contributed by atoms with Gasteiger partial charge >= 0.3 is 0 Å². The molecule has 7 heteroatoms. The van der Waals surface area contributed by atoms with Crippen LogP contribution in [0.1, 0.15) is 30.4 Å². The monoisotopic (exact) mass is 306 g/mol. The van der Waals surface area contributed by atoms with Crippen molar-refractivity contribution in [1.29, 1.82) is 0 Å². The van der Waals surface area contributed by atoms with E-state index in [0.717, 1.165) is 5.39 Å². The second-order valence-electron chi connectivity index (χ2n) is 5.06. The summed E-state index contributed by atoms with van der Waals surface area (Å²) < 4.78 is 0. The number of hydrogen-bond donors (Lipinski definition) is 3. The summed E-state index contributed by atoms with van der Waals surface area (Å²) in [7, 11) is 0. The second kappa shape index (κ2) is 6.09. The van der Waals surface area contributed by atoms with Gasteiger partial charge in [-0.05, 0) is 32.9 Å². The number of nitrogens with zero attached hydrogens (tertiary/aromatic N) is 1. The van der Waals surface area contributed by atoms with E-state index in [-0.39, 0.29) is 17.9 Å². The second-order valence-corrected chi connectivity index (χ2v) is 6.06. The third kappa shape index (κ3) is 3.30. The van der Waals surface area contributed by atoms with Gasteiger partial charge in [0.15, 0.2) is 0 Å². The van der Waals surface area contributed by atoms with Crippen molar-refractivity contribution in [2.24, 2.45) is 0 Å². The topological polar surface area (TPSA) is 97.1 Å². The summed E-state index contributed by atoms with van der Waals surface area (Å²) in [6, 6.07) is 2.99. The van der Waals surface area contributed by atoms with Crippen LogP contribution in [0.3, 0.4) is 0 Å². The molecule has 0 saturated carbocycles. The Labute approximate surface area is 126 Å². The van der Waals surface area contributed by atoms with Gasteiger partial charge in [-0.1, -0.05) is 0 Å². The minimum atomic E-state index is -0.627. The third-order valence-electron chi connectivity index (χ3n) is 2.88. The van der Waals surface area contributed by atoms with Gasteiger partial charge in [0.1, 0.15) is 15.7 Å². The van der Waals surface area contributed by atoms with E-state index in [0.29, 0.717) is 15.4 Å². The molecule has 0 aliphatic carbocycles. The SMILES string of the molecule is CC(C)NC(=O)C(C)NC(=O)c1sc2ncccc2c1N. The van der Waals surface area contributed by atoms with Crippen LogP contribution in [0.5, 0.6) is 0 Å². The molecule has 4 N–H and O–H groups in total. The molecule has 2 rings (SSSR count). The largest absolute Gasteiger partial charge is 0.397 e. The van der Waals surface area contributed by atoms with E-state index >= 15 is 0 Å². The quantitative estimate of drug-likeness (QED) is 0.798. The Hall–Kier alpha value is -2.15. The minimum absolute atomic E-state index is 0.0236. The van der Waals surface area contributed by atoms with Gasteiger partial charge in [-0.2, -0.15) is 0 Å². The van der Waals surface area contributed by atoms with Gasteiger partial charge in [0.2, 0.25) is 5.91 Å². The lowest BCUT2D eigenvalue weighted by Gasteiger charge is -2.15. The van der Waals surface area contributed by atoms with Crippen molar-refractivity contribution in [2.75, 3.05) is 5.73 Å². The molecule has 0 bridgehead atoms. The summed E-state index contributed by atoms with van der Waals surface area (Å²) in [6.07, 6.45) is 1.65. The Morgan fingerprint density at radius 2 is 2.00 bits per heavy atom. The molecule has 21 heavy (non-hydrogen) atoms. The van der Waals surface area contributed by atoms with Crippen molar-refractivity contribution < 1.29 is 9.59 Å². The van der Waals surface area contributed by atoms with Gasteiger partial charge in [0.25, 0.3) is 5.91 Å². The van der Waals surface area contributed by atoms with Gasteiger partial charge in [0, 0.05) is 17.6 Å². The number of thiophene rings is 1. The van der Waals surface area contributed by atoms with Crippen molar-refractivity contribution in [1.82, 2.24) is 15.6 Å². The number of pyridine rings is 1. The molecule has 1 atom stereocenters. The van der Waals surface area contributed by atoms with E-state index in [1.807, 2.05) is 19.9 Å². The summed E-state index contributed by atoms with van der Waals surface area (Å²) in [5.74, 6) is -0.585. The Kier molecular flexibility index (Phi) is 4.42. The van der Waals surface area contributed by atoms with Crippen molar-refractivity contribution in [3.63, 3.8) is 0 Å². The number of nitrogens with one attached hydrogen (secondary N) is 2. The van der Waals surface area contributed by atoms with Crippen molar-refractivity contribution in [3.05, 3.63) is 23.2 Å². The first kappa shape index (κ1) is 15.2. The number of carbonyl (C=O) groups excluding carboxylic acids is 2. The highest BCUT2D eigenvalue weighted by molar-refractivity contribution is 7.21. The zero-order valence-electron chi connectivity index (χ0n) is 12.1. The fraction of sp³-hybridized carbons (Fsp3) is 0.357. The molecule has 2 aromatic rings. The molecule has 0 aliphatic rings. The summed E-state index contributed by atoms with van der Waals surface area (Å²) in [5.41, 5.74) is 6.38. The van der Waals surface area contributed by atoms with E-state index in [2.05, 4.69) is 15.6 Å². The van der Waals surface area contributed by atoms with Gasteiger partial charge in [-0.3, -0.25) is 9.59 Å². The summed E-state index contributed by atoms with van der Waals surface area (Å²) in [5, 5.41) is 6.16. The van der Waals surface area contributed by atoms with Gasteiger partial charge < -0.3 is 16.4 Å². The lowest BCUT2D eigenvalue weighted by Crippen LogP contribution is -2.46. The summed E-state index contributed by atoms with van der Waals surface area (Å²) in [4.78, 5) is 29.3. The van der Waals surface area contributed by atoms with E-state index in [1.54, 1.807) is 19.2 Å². The minimum Gasteiger partial charge on any atom is -0.397 e. The van der Waals surface area contributed by atoms with Crippen LogP contribution in [0.15, 0.2) is 18.3 Å². The van der Waals surface area contributed by atoms with Crippen LogP contribution in [0.2, 0.25) is 0 Å². The number of fused-ring (bicyclic) bond motifs is 1. The fourth-order valence-electron chi connectivity index (χ4n) is 1.86. The summed E-state index contributed by atoms with van der Waals surface area (Å²) in [6.45, 7) is 5.36. The number of amides is 2. The van der Waals surface area contributed by atoms with Crippen LogP contribution in [0.25, 0.3) is 10.2 Å². The van der Waals surface area contributed by atoms with Crippen molar-refractivity contribution in [2.45, 2.75) is 32.9 Å². The van der Waals surface area contributed by atoms with Crippen LogP contribution in [0, 0.1) is 0 Å². The number of aromatic nitrogens is 1. The third-order valence-corrected chi connectivity index (χ3v) is 4.01. The maximum absolute atomic E-state index is 12.2. The standard InChI is InChI=1S/C14H18N4O2S/c1-7(2)17-12(19)8(3)18-13(20)11-10(15)9-5-4-6-16-14(9)21-11/h4-8H,15H2,1-3H3,(H,17,19)(H,18,20). The van der Waals surface area contributed by atoms with E-state index in [1.165, 1.54) is 11.3 Å². The van der Waals surface area contributed by atoms with Gasteiger partial charge in [-0.15, -0.1) is 11.3 Å². The zero-order valence-corrected chi connectivity index (χ0v) is 13.0. The van der Waals surface area contributed by atoms with E-state index in [9.17, 15) is 9.59 Å². The van der Waals surface area contributed by atoms with E-state index in [4.69, 9.17) is 5.73 Å². The predicted molar refractivity (Wildman–Crippen MR) is 84.2 cm³/mol. The van der Waals surface area contributed by atoms with Crippen LogP contribution < -0.4 is 16.4 Å². The molecule has 2 amide bonds. The van der Waals surface area contributed by atoms with Crippen molar-refractivity contribution in [3.8, 4) is 0 Å². The maximum atomic E-state index is 12.2. The Balaban J connectivity index is 2.15. The van der Waals surface area contributed by atoms with Crippen LogP contribution in [-0.2, 0) is 4.79 Å². The highest BCUT2D eigenvalue weighted by Crippen LogP contribution is 2.31. The molecular weight excluding hydrogens is 288 g/mol. The van der Waals surface area contributed by atoms with Crippen LogP contribution in [-0.4, -0.2) is 28.9 Å². The molecule has 0 aromatic carbocycles. The zero-order chi connectivity index (χ0) is 15.6. The predicted octanol–water partition coefficient (Wildman–Crippen LogP) is 1.52. The highest BCUT2D eigenvalue weighted by Gasteiger charge is 2.21. The first-order chi connectivity index (χ1) is 9.90. The normalized spacial score (nSPS) is 12.4. The molecular formula is C14H18N4O2S. The number of carbonyl (C=O) groups is 2. The maximum Gasteiger partial charge on any atom is 0.264 e. The lowest BCUT2D eigenvalue weighted by molar-refractivity contribution is -0.123. The van der Waals surface area contributed by atoms with Crippen LogP contribution in [0.4, 0.5) is 5.69 Å². The highest BCUT2D eigenvalue weighted by atomic mass is 32.1. The number of anilines is 1.